The van der Waals surface area contributed by atoms with Crippen LogP contribution in [0.5, 0.6) is 0 Å². The average Bonchev–Trinajstić information content (AvgIpc) is 3.35. The number of hydrogen-bond donors (Lipinski definition) is 2. The van der Waals surface area contributed by atoms with Crippen molar-refractivity contribution < 1.29 is 13.5 Å². The van der Waals surface area contributed by atoms with E-state index in [2.05, 4.69) is 36.2 Å². The molecule has 1 aliphatic carbocycles. The van der Waals surface area contributed by atoms with Gasteiger partial charge in [0.05, 0.1) is 11.6 Å². The Balaban J connectivity index is 1.32. The Labute approximate surface area is 165 Å². The van der Waals surface area contributed by atoms with Crippen LogP contribution in [0.25, 0.3) is 27.7 Å². The van der Waals surface area contributed by atoms with Crippen molar-refractivity contribution in [3.05, 3.63) is 43.0 Å². The summed E-state index contributed by atoms with van der Waals surface area (Å²) < 4.78 is 31.1. The third-order valence-corrected chi connectivity index (χ3v) is 5.45. The normalized spacial score (nSPS) is 20.0. The predicted molar refractivity (Wildman–Crippen MR) is 105 cm³/mol. The maximum atomic E-state index is 12.3. The lowest BCUT2D eigenvalue weighted by Crippen LogP contribution is -2.31. The van der Waals surface area contributed by atoms with Crippen LogP contribution in [-0.2, 0) is 4.74 Å². The molecule has 2 N–H and O–H groups in total. The van der Waals surface area contributed by atoms with Crippen molar-refractivity contribution in [1.29, 1.82) is 0 Å². The summed E-state index contributed by atoms with van der Waals surface area (Å²) in [5, 5.41) is 8.48. The number of H-pyrrole nitrogens is 1. The maximum absolute atomic E-state index is 12.3. The zero-order valence-corrected chi connectivity index (χ0v) is 15.6. The molecule has 5 rings (SSSR count). The minimum atomic E-state index is -2.70. The second kappa shape index (κ2) is 7.40. The Kier molecular flexibility index (Phi) is 4.59. The first kappa shape index (κ1) is 18.0. The van der Waals surface area contributed by atoms with Gasteiger partial charge in [0, 0.05) is 41.8 Å². The summed E-state index contributed by atoms with van der Waals surface area (Å²) in [6.45, 7) is -2.70. The molecule has 1 fully saturated rings. The molecule has 7 nitrogen and oxygen atoms in total. The molecule has 0 atom stereocenters. The van der Waals surface area contributed by atoms with Crippen molar-refractivity contribution in [2.45, 2.75) is 44.4 Å². The number of anilines is 1. The average molecular weight is 398 g/mol. The van der Waals surface area contributed by atoms with Crippen LogP contribution in [0, 0.1) is 0 Å². The molecular weight excluding hydrogens is 378 g/mol. The summed E-state index contributed by atoms with van der Waals surface area (Å²) in [6.07, 6.45) is 9.77. The first-order valence-electron chi connectivity index (χ1n) is 9.64. The summed E-state index contributed by atoms with van der Waals surface area (Å²) in [6, 6.07) is 6.19. The minimum absolute atomic E-state index is 0.156. The number of aromatic nitrogens is 5. The third kappa shape index (κ3) is 3.65. The molecule has 0 aliphatic heterocycles. The van der Waals surface area contributed by atoms with Crippen LogP contribution < -0.4 is 5.32 Å². The van der Waals surface area contributed by atoms with Crippen LogP contribution in [0.4, 0.5) is 14.7 Å². The summed E-state index contributed by atoms with van der Waals surface area (Å²) in [5.74, 6) is 0.537. The molecule has 4 aromatic rings. The number of nitrogens with zero attached hydrogens (tertiary/aromatic N) is 4. The van der Waals surface area contributed by atoms with E-state index in [-0.39, 0.29) is 12.1 Å². The quantitative estimate of drug-likeness (QED) is 0.526. The number of hydrogen-bond acceptors (Lipinski definition) is 5. The van der Waals surface area contributed by atoms with Crippen LogP contribution in [0.1, 0.15) is 25.7 Å². The van der Waals surface area contributed by atoms with Crippen LogP contribution >= 0.6 is 0 Å². The van der Waals surface area contributed by atoms with Crippen molar-refractivity contribution in [3.63, 3.8) is 0 Å². The standard InChI is InChI=1S/C20H20F2N6O/c21-19(22)29-15-3-1-13(2-4-15)26-20-24-11-17-16(10-23-18(17)27-20)12-6-8-28-14(9-12)5-7-25-28/h5-11,13,15,19H,1-4H2,(H2,23,24,26,27)/t13-,15-. The van der Waals surface area contributed by atoms with Gasteiger partial charge in [0.25, 0.3) is 0 Å². The molecule has 4 heterocycles. The lowest BCUT2D eigenvalue weighted by molar-refractivity contribution is -0.169. The van der Waals surface area contributed by atoms with E-state index in [4.69, 9.17) is 0 Å². The molecule has 0 aromatic carbocycles. The molecule has 150 valence electrons. The van der Waals surface area contributed by atoms with Gasteiger partial charge in [-0.1, -0.05) is 0 Å². The predicted octanol–water partition coefficient (Wildman–Crippen LogP) is 4.23. The minimum Gasteiger partial charge on any atom is -0.351 e. The first-order valence-corrected chi connectivity index (χ1v) is 9.64. The van der Waals surface area contributed by atoms with Crippen LogP contribution in [0.2, 0.25) is 0 Å². The highest BCUT2D eigenvalue weighted by molar-refractivity contribution is 5.94. The van der Waals surface area contributed by atoms with Gasteiger partial charge in [-0.05, 0) is 49.4 Å². The topological polar surface area (TPSA) is 80.1 Å². The summed E-state index contributed by atoms with van der Waals surface area (Å²) in [4.78, 5) is 12.3. The van der Waals surface area contributed by atoms with Gasteiger partial charge < -0.3 is 15.0 Å². The first-order chi connectivity index (χ1) is 14.2. The largest absolute Gasteiger partial charge is 0.351 e. The second-order valence-electron chi connectivity index (χ2n) is 7.29. The van der Waals surface area contributed by atoms with Gasteiger partial charge in [-0.15, -0.1) is 0 Å². The fourth-order valence-corrected chi connectivity index (χ4v) is 3.98. The van der Waals surface area contributed by atoms with Gasteiger partial charge in [0.2, 0.25) is 5.95 Å². The van der Waals surface area contributed by atoms with E-state index in [0.717, 1.165) is 40.5 Å². The Morgan fingerprint density at radius 1 is 1.21 bits per heavy atom. The Bertz CT molecular complexity index is 1130. The molecule has 29 heavy (non-hydrogen) atoms. The smallest absolute Gasteiger partial charge is 0.345 e. The van der Waals surface area contributed by atoms with Crippen LogP contribution in [0.3, 0.4) is 0 Å². The number of fused-ring (bicyclic) bond motifs is 2. The Morgan fingerprint density at radius 3 is 2.90 bits per heavy atom. The summed E-state index contributed by atoms with van der Waals surface area (Å²) >= 11 is 0. The number of alkyl halides is 2. The summed E-state index contributed by atoms with van der Waals surface area (Å²) in [7, 11) is 0. The van der Waals surface area contributed by atoms with E-state index in [1.165, 1.54) is 0 Å². The highest BCUT2D eigenvalue weighted by Gasteiger charge is 2.24. The van der Waals surface area contributed by atoms with Crippen molar-refractivity contribution in [3.8, 4) is 11.1 Å². The van der Waals surface area contributed by atoms with E-state index >= 15 is 0 Å². The summed E-state index contributed by atoms with van der Waals surface area (Å²) in [5.41, 5.74) is 3.86. The molecule has 0 saturated heterocycles. The van der Waals surface area contributed by atoms with Crippen molar-refractivity contribution in [2.24, 2.45) is 0 Å². The van der Waals surface area contributed by atoms with Gasteiger partial charge in [-0.25, -0.2) is 9.50 Å². The van der Waals surface area contributed by atoms with E-state index in [9.17, 15) is 8.78 Å². The Morgan fingerprint density at radius 2 is 2.07 bits per heavy atom. The van der Waals surface area contributed by atoms with Gasteiger partial charge in [0.15, 0.2) is 0 Å². The van der Waals surface area contributed by atoms with Gasteiger partial charge in [-0.2, -0.15) is 18.9 Å². The number of aromatic amines is 1. The monoisotopic (exact) mass is 398 g/mol. The van der Waals surface area contributed by atoms with Gasteiger partial charge in [-0.3, -0.25) is 0 Å². The van der Waals surface area contributed by atoms with Crippen molar-refractivity contribution in [1.82, 2.24) is 24.6 Å². The van der Waals surface area contributed by atoms with E-state index in [1.54, 1.807) is 6.20 Å². The molecule has 4 aromatic heterocycles. The lowest BCUT2D eigenvalue weighted by atomic mass is 9.93. The van der Waals surface area contributed by atoms with Gasteiger partial charge >= 0.3 is 6.61 Å². The van der Waals surface area contributed by atoms with Crippen molar-refractivity contribution >= 4 is 22.5 Å². The van der Waals surface area contributed by atoms with E-state index < -0.39 is 6.61 Å². The molecule has 9 heteroatoms. The fraction of sp³-hybridized carbons (Fsp3) is 0.350. The molecular formula is C20H20F2N6O. The van der Waals surface area contributed by atoms with Crippen molar-refractivity contribution in [2.75, 3.05) is 5.32 Å². The lowest BCUT2D eigenvalue weighted by Gasteiger charge is -2.28. The van der Waals surface area contributed by atoms with Gasteiger partial charge in [0.1, 0.15) is 5.65 Å². The zero-order chi connectivity index (χ0) is 19.8. The number of pyridine rings is 1. The Hall–Kier alpha value is -3.07. The molecule has 1 saturated carbocycles. The maximum Gasteiger partial charge on any atom is 0.345 e. The molecule has 1 aliphatic rings. The SMILES string of the molecule is FC(F)O[C@H]1CC[C@H](Nc2ncc3c(-c4ccn5nccc5c4)c[nH]c3n2)CC1. The second-order valence-corrected chi connectivity index (χ2v) is 7.29. The fourth-order valence-electron chi connectivity index (χ4n) is 3.98. The van der Waals surface area contributed by atoms with E-state index in [1.807, 2.05) is 35.2 Å². The van der Waals surface area contributed by atoms with Crippen LogP contribution in [-0.4, -0.2) is 43.3 Å². The van der Waals surface area contributed by atoms with Crippen LogP contribution in [0.15, 0.2) is 43.0 Å². The molecule has 0 radical (unpaired) electrons. The third-order valence-electron chi connectivity index (χ3n) is 5.45. The number of halogens is 2. The molecule has 0 unspecified atom stereocenters. The highest BCUT2D eigenvalue weighted by Crippen LogP contribution is 2.29. The highest BCUT2D eigenvalue weighted by atomic mass is 19.3. The van der Waals surface area contributed by atoms with E-state index in [0.29, 0.717) is 18.8 Å². The molecule has 0 spiro atoms. The number of rotatable bonds is 5. The number of ether oxygens (including phenoxy) is 1. The molecule has 0 amide bonds. The zero-order valence-electron chi connectivity index (χ0n) is 15.6. The number of nitrogens with one attached hydrogen (secondary N) is 2. The molecule has 0 bridgehead atoms.